The molecule has 5 heteroatoms. The van der Waals surface area contributed by atoms with Gasteiger partial charge in [-0.1, -0.05) is 0 Å². The lowest BCUT2D eigenvalue weighted by atomic mass is 10.1. The zero-order valence-electron chi connectivity index (χ0n) is 9.30. The van der Waals surface area contributed by atoms with Gasteiger partial charge in [0.1, 0.15) is 11.8 Å². The first-order valence-corrected chi connectivity index (χ1v) is 5.42. The van der Waals surface area contributed by atoms with Crippen molar-refractivity contribution < 1.29 is 0 Å². The quantitative estimate of drug-likeness (QED) is 0.795. The molecule has 1 aliphatic rings. The average Bonchev–Trinajstić information content (AvgIpc) is 3.14. The molecule has 1 atom stereocenters. The predicted molar refractivity (Wildman–Crippen MR) is 60.7 cm³/mol. The van der Waals surface area contributed by atoms with E-state index in [2.05, 4.69) is 9.97 Å². The molecule has 1 aromatic heterocycles. The Hall–Kier alpha value is -1.67. The highest BCUT2D eigenvalue weighted by Crippen LogP contribution is 2.35. The molecule has 0 spiro atoms. The van der Waals surface area contributed by atoms with Crippen molar-refractivity contribution in [2.75, 3.05) is 18.5 Å². The first kappa shape index (κ1) is 10.8. The van der Waals surface area contributed by atoms with Crippen molar-refractivity contribution in [3.05, 3.63) is 18.0 Å². The van der Waals surface area contributed by atoms with E-state index >= 15 is 0 Å². The van der Waals surface area contributed by atoms with Crippen molar-refractivity contribution in [3.63, 3.8) is 0 Å². The van der Waals surface area contributed by atoms with Crippen LogP contribution in [-0.4, -0.2) is 29.6 Å². The van der Waals surface area contributed by atoms with Crippen LogP contribution >= 0.6 is 0 Å². The maximum atomic E-state index is 8.78. The van der Waals surface area contributed by atoms with Crippen LogP contribution in [0.1, 0.15) is 18.5 Å². The van der Waals surface area contributed by atoms with E-state index in [1.165, 1.54) is 12.8 Å². The fraction of sp³-hybridized carbons (Fsp3) is 0.545. The lowest BCUT2D eigenvalue weighted by molar-refractivity contribution is 0.561. The Morgan fingerprint density at radius 2 is 2.44 bits per heavy atom. The van der Waals surface area contributed by atoms with Gasteiger partial charge in [-0.2, -0.15) is 5.26 Å². The van der Waals surface area contributed by atoms with Crippen molar-refractivity contribution in [2.45, 2.75) is 18.9 Å². The van der Waals surface area contributed by atoms with Crippen LogP contribution < -0.4 is 10.6 Å². The normalized spacial score (nSPS) is 16.6. The molecule has 1 aliphatic carbocycles. The summed E-state index contributed by atoms with van der Waals surface area (Å²) < 4.78 is 0. The minimum Gasteiger partial charge on any atom is -0.339 e. The first-order valence-electron chi connectivity index (χ1n) is 5.42. The first-order chi connectivity index (χ1) is 7.76. The Bertz CT molecular complexity index is 407. The van der Waals surface area contributed by atoms with Gasteiger partial charge in [0.15, 0.2) is 0 Å². The molecule has 0 radical (unpaired) electrons. The summed E-state index contributed by atoms with van der Waals surface area (Å²) in [5.74, 6) is 1.24. The van der Waals surface area contributed by atoms with Crippen molar-refractivity contribution in [1.82, 2.24) is 9.97 Å². The lowest BCUT2D eigenvalue weighted by Gasteiger charge is -2.26. The van der Waals surface area contributed by atoms with E-state index in [0.29, 0.717) is 24.1 Å². The molecule has 1 saturated carbocycles. The van der Waals surface area contributed by atoms with Crippen LogP contribution in [0, 0.1) is 17.2 Å². The molecule has 2 N–H and O–H groups in total. The Morgan fingerprint density at radius 1 is 1.69 bits per heavy atom. The van der Waals surface area contributed by atoms with E-state index in [0.717, 1.165) is 0 Å². The summed E-state index contributed by atoms with van der Waals surface area (Å²) in [6, 6.07) is 3.90. The van der Waals surface area contributed by atoms with Gasteiger partial charge in [-0.15, -0.1) is 0 Å². The topological polar surface area (TPSA) is 78.8 Å². The highest BCUT2D eigenvalue weighted by molar-refractivity contribution is 5.34. The molecule has 16 heavy (non-hydrogen) atoms. The van der Waals surface area contributed by atoms with E-state index < -0.39 is 0 Å². The van der Waals surface area contributed by atoms with Crippen molar-refractivity contribution in [3.8, 4) is 6.07 Å². The maximum absolute atomic E-state index is 8.78. The van der Waals surface area contributed by atoms with Crippen molar-refractivity contribution in [2.24, 2.45) is 11.7 Å². The Balaban J connectivity index is 2.18. The van der Waals surface area contributed by atoms with Crippen LogP contribution in [0.2, 0.25) is 0 Å². The van der Waals surface area contributed by atoms with Crippen molar-refractivity contribution in [1.29, 1.82) is 5.26 Å². The molecule has 5 nitrogen and oxygen atoms in total. The summed E-state index contributed by atoms with van der Waals surface area (Å²) in [6.07, 6.45) is 4.06. The van der Waals surface area contributed by atoms with Gasteiger partial charge in [-0.05, 0) is 24.8 Å². The van der Waals surface area contributed by atoms with E-state index in [1.807, 2.05) is 18.0 Å². The molecular weight excluding hydrogens is 202 g/mol. The molecule has 84 valence electrons. The summed E-state index contributed by atoms with van der Waals surface area (Å²) in [7, 11) is 1.94. The molecule has 1 fully saturated rings. The van der Waals surface area contributed by atoms with Crippen LogP contribution in [0.15, 0.2) is 12.3 Å². The largest absolute Gasteiger partial charge is 0.339 e. The highest BCUT2D eigenvalue weighted by atomic mass is 15.3. The number of nitrogens with two attached hydrogens (primary N) is 1. The van der Waals surface area contributed by atoms with Gasteiger partial charge < -0.3 is 10.6 Å². The Morgan fingerprint density at radius 3 is 3.00 bits per heavy atom. The molecule has 2 rings (SSSR count). The standard InChI is InChI=1S/C11H15N5/c1-16(10(7-13)8-2-3-8)11-14-5-4-9(6-12)15-11/h4-5,8,10H,2-3,7,13H2,1H3. The van der Waals surface area contributed by atoms with Gasteiger partial charge in [-0.3, -0.25) is 0 Å². The highest BCUT2D eigenvalue weighted by Gasteiger charge is 2.33. The summed E-state index contributed by atoms with van der Waals surface area (Å²) in [4.78, 5) is 10.3. The minimum absolute atomic E-state index is 0.286. The van der Waals surface area contributed by atoms with Crippen LogP contribution in [0.25, 0.3) is 0 Å². The van der Waals surface area contributed by atoms with Gasteiger partial charge in [0.05, 0.1) is 0 Å². The molecule has 0 amide bonds. The van der Waals surface area contributed by atoms with E-state index in [1.54, 1.807) is 12.3 Å². The smallest absolute Gasteiger partial charge is 0.226 e. The van der Waals surface area contributed by atoms with E-state index in [4.69, 9.17) is 11.0 Å². The molecule has 1 heterocycles. The number of hydrogen-bond donors (Lipinski definition) is 1. The summed E-state index contributed by atoms with van der Waals surface area (Å²) >= 11 is 0. The molecule has 0 saturated heterocycles. The van der Waals surface area contributed by atoms with Crippen LogP contribution in [0.4, 0.5) is 5.95 Å². The van der Waals surface area contributed by atoms with Gasteiger partial charge in [0.2, 0.25) is 5.95 Å². The number of likely N-dealkylation sites (N-methyl/N-ethyl adjacent to an activating group) is 1. The second-order valence-corrected chi connectivity index (χ2v) is 4.11. The summed E-state index contributed by atoms with van der Waals surface area (Å²) in [6.45, 7) is 0.599. The fourth-order valence-corrected chi connectivity index (χ4v) is 1.88. The third kappa shape index (κ3) is 2.12. The molecule has 1 unspecified atom stereocenters. The number of rotatable bonds is 4. The second kappa shape index (κ2) is 4.45. The Kier molecular flexibility index (Phi) is 3.02. The molecule has 0 aliphatic heterocycles. The second-order valence-electron chi connectivity index (χ2n) is 4.11. The van der Waals surface area contributed by atoms with Gasteiger partial charge in [0.25, 0.3) is 0 Å². The van der Waals surface area contributed by atoms with Crippen LogP contribution in [0.5, 0.6) is 0 Å². The minimum atomic E-state index is 0.286. The van der Waals surface area contributed by atoms with Gasteiger partial charge >= 0.3 is 0 Å². The van der Waals surface area contributed by atoms with Gasteiger partial charge in [0, 0.05) is 25.8 Å². The zero-order chi connectivity index (χ0) is 11.5. The number of hydrogen-bond acceptors (Lipinski definition) is 5. The summed E-state index contributed by atoms with van der Waals surface area (Å²) in [5, 5.41) is 8.78. The van der Waals surface area contributed by atoms with Gasteiger partial charge in [-0.25, -0.2) is 9.97 Å². The zero-order valence-corrected chi connectivity index (χ0v) is 9.30. The van der Waals surface area contributed by atoms with Crippen LogP contribution in [0.3, 0.4) is 0 Å². The maximum Gasteiger partial charge on any atom is 0.226 e. The molecule has 0 aromatic carbocycles. The number of aromatic nitrogens is 2. The monoisotopic (exact) mass is 217 g/mol. The van der Waals surface area contributed by atoms with Crippen molar-refractivity contribution >= 4 is 5.95 Å². The van der Waals surface area contributed by atoms with E-state index in [-0.39, 0.29) is 6.04 Å². The predicted octanol–water partition coefficient (Wildman–Crippen LogP) is 0.522. The molecular formula is C11H15N5. The molecule has 1 aromatic rings. The van der Waals surface area contributed by atoms with Crippen LogP contribution in [-0.2, 0) is 0 Å². The average molecular weight is 217 g/mol. The number of anilines is 1. The van der Waals surface area contributed by atoms with E-state index in [9.17, 15) is 0 Å². The number of nitriles is 1. The third-order valence-electron chi connectivity index (χ3n) is 2.98. The summed E-state index contributed by atoms with van der Waals surface area (Å²) in [5.41, 5.74) is 6.15. The Labute approximate surface area is 94.9 Å². The SMILES string of the molecule is CN(c1nccc(C#N)n1)C(CN)C1CC1. The fourth-order valence-electron chi connectivity index (χ4n) is 1.88. The molecule has 0 bridgehead atoms. The third-order valence-corrected chi connectivity index (χ3v) is 2.98. The lowest BCUT2D eigenvalue weighted by Crippen LogP contribution is -2.40. The number of nitrogens with zero attached hydrogens (tertiary/aromatic N) is 4.